The van der Waals surface area contributed by atoms with Gasteiger partial charge in [0.25, 0.3) is 0 Å². The molecule has 6 bridgehead atoms. The SMILES string of the molecule is Cc1ccc(-c2c3c(cc[n+]2C)C2CCC3C2)c(C)c1.Cc1ccc(-c2cc3c(c[n+]2C)C(C)(C)CCC3(C)C)c(C)c1.Cc1ccccc1-c1cc2c(c[n+]1C)C(C)(C)CCC2(C)C.[2H]C([2H])([2H])c1ccc(-c2c3c(cc[n+]2C)C2([2H])CCC3([2H])C2(C)C)c(C)c1.[2H]C([2H])([2H])c1ccc(-c2c3c(cc[n+]2C)C2([2H])CCC3([2H])C2)c(C)c1. The van der Waals surface area contributed by atoms with E-state index in [4.69, 9.17) is 11.0 Å². The Morgan fingerprint density at radius 2 is 0.738 bits per heavy atom. The molecule has 5 heteroatoms. The van der Waals surface area contributed by atoms with Gasteiger partial charge in [-0.15, -0.1) is 0 Å². The van der Waals surface area contributed by atoms with Crippen molar-refractivity contribution in [1.29, 1.82) is 0 Å². The van der Waals surface area contributed by atoms with E-state index < -0.39 is 42.7 Å². The highest BCUT2D eigenvalue weighted by Crippen LogP contribution is 2.66. The molecule has 0 amide bonds. The number of fused-ring (bicyclic) bond motifs is 17. The lowest BCUT2D eigenvalue weighted by Gasteiger charge is -2.40. The van der Waals surface area contributed by atoms with Gasteiger partial charge in [-0.3, -0.25) is 0 Å². The molecule has 3 fully saturated rings. The fourth-order valence-electron chi connectivity index (χ4n) is 20.3. The van der Waals surface area contributed by atoms with Gasteiger partial charge >= 0.3 is 0 Å². The van der Waals surface area contributed by atoms with Crippen LogP contribution < -0.4 is 22.8 Å². The topological polar surface area (TPSA) is 19.4 Å². The highest BCUT2D eigenvalue weighted by Gasteiger charge is 2.54. The van der Waals surface area contributed by atoms with Crippen LogP contribution in [0.25, 0.3) is 56.3 Å². The van der Waals surface area contributed by atoms with Crippen molar-refractivity contribution in [2.45, 2.75) is 266 Å². The molecule has 0 saturated heterocycles. The first kappa shape index (κ1) is 63.7. The van der Waals surface area contributed by atoms with E-state index in [2.05, 4.69) is 222 Å². The highest BCUT2D eigenvalue weighted by molar-refractivity contribution is 5.72. The Hall–Kier alpha value is -8.15. The van der Waals surface area contributed by atoms with Crippen LogP contribution >= 0.6 is 0 Å². The molecule has 5 heterocycles. The summed E-state index contributed by atoms with van der Waals surface area (Å²) in [6.45, 7) is 33.8. The van der Waals surface area contributed by atoms with Crippen LogP contribution in [-0.2, 0) is 56.9 Å². The highest BCUT2D eigenvalue weighted by atomic mass is 15.0. The second kappa shape index (κ2) is 28.4. The standard InChI is InChI=1S/C22H30N.C21H26N.C21H28N.2C19H22N/c1-15-8-9-17(16(2)12-15)20-13-18-19(14-23(20)7)22(5,6)11-10-21(18,3)4;1-13-6-7-15(14(2)12-13)20-19-16(10-11-22(20)5)17-8-9-18(19)21(17,3)4;1-15-9-7-8-10-16(15)19-13-17-18(14-22(19)6)21(4,5)12-11-20(17,2)3;2*1-12-4-7-16(13(2)10-12)19-18-15-6-5-14(11-15)17(18)8-9-20(19)3/h8-9,12-14H,10-11H2,1-7H3;6-7,10-12,17-18H,8-9H2,1-5H3;7-10,13-14H,11-12H2,1-6H3;2*4,7-10,14-15H,5-6,11H2,1-3H3/q5*+1/i;1D3,17D,18D;;1D3,14D,15D;. The number of hydrogen-bond acceptors (Lipinski definition) is 0. The first-order chi connectivity index (χ1) is 54.4. The number of aromatic nitrogens is 5. The Kier molecular flexibility index (Phi) is 16.9. The Balaban J connectivity index is 0.000000121. The van der Waals surface area contributed by atoms with Crippen molar-refractivity contribution in [2.75, 3.05) is 0 Å². The maximum Gasteiger partial charge on any atom is 0.216 e. The molecular weight excluding hydrogens is 1300 g/mol. The monoisotopic (exact) mass is 1430 g/mol. The van der Waals surface area contributed by atoms with Crippen LogP contribution in [0.15, 0.2) is 158 Å². The first-order valence-corrected chi connectivity index (χ1v) is 40.0. The van der Waals surface area contributed by atoms with Gasteiger partial charge < -0.3 is 0 Å². The van der Waals surface area contributed by atoms with E-state index >= 15 is 0 Å². The first-order valence-electron chi connectivity index (χ1n) is 45.0. The van der Waals surface area contributed by atoms with Crippen molar-refractivity contribution in [3.8, 4) is 56.3 Å². The number of pyridine rings is 5. The summed E-state index contributed by atoms with van der Waals surface area (Å²) in [4.78, 5) is 0. The smallest absolute Gasteiger partial charge is 0.201 e. The lowest BCUT2D eigenvalue weighted by Crippen LogP contribution is -2.40. The summed E-state index contributed by atoms with van der Waals surface area (Å²) < 4.78 is 93.0. The molecule has 556 valence electrons. The zero-order valence-electron chi connectivity index (χ0n) is 78.9. The van der Waals surface area contributed by atoms with Crippen LogP contribution in [0.2, 0.25) is 0 Å². The van der Waals surface area contributed by atoms with Gasteiger partial charge in [0.15, 0.2) is 31.0 Å². The molecule has 5 nitrogen and oxygen atoms in total. The van der Waals surface area contributed by atoms with Crippen molar-refractivity contribution in [3.05, 3.63) is 264 Å². The molecule has 6 atom stereocenters. The van der Waals surface area contributed by atoms with Crippen LogP contribution in [0.1, 0.15) is 301 Å². The summed E-state index contributed by atoms with van der Waals surface area (Å²) in [6, 6.07) is 44.1. The van der Waals surface area contributed by atoms with Crippen molar-refractivity contribution >= 4 is 0 Å². The van der Waals surface area contributed by atoms with Crippen LogP contribution in [0.3, 0.4) is 0 Å². The molecule has 6 unspecified atom stereocenters. The predicted molar refractivity (Wildman–Crippen MR) is 446 cm³/mol. The number of rotatable bonds is 5. The fourth-order valence-corrected chi connectivity index (χ4v) is 20.3. The molecule has 10 aromatic rings. The summed E-state index contributed by atoms with van der Waals surface area (Å²) in [5, 5.41) is 0. The van der Waals surface area contributed by atoms with Gasteiger partial charge in [0.2, 0.25) is 28.5 Å². The summed E-state index contributed by atoms with van der Waals surface area (Å²) in [5.74, 6) is -1.28. The molecule has 5 aromatic carbocycles. The maximum absolute atomic E-state index is 9.36. The van der Waals surface area contributed by atoms with Gasteiger partial charge in [0, 0.05) is 99.7 Å². The quantitative estimate of drug-likeness (QED) is 0.153. The van der Waals surface area contributed by atoms with Crippen molar-refractivity contribution in [1.82, 2.24) is 0 Å². The average Bonchev–Trinajstić information content (AvgIpc) is 1.50. The normalized spacial score (nSPS) is 25.9. The van der Waals surface area contributed by atoms with Crippen LogP contribution in [0.5, 0.6) is 0 Å². The Labute approximate surface area is 659 Å². The maximum atomic E-state index is 9.36. The molecule has 8 aliphatic carbocycles. The van der Waals surface area contributed by atoms with Gasteiger partial charge in [-0.25, -0.2) is 22.8 Å². The largest absolute Gasteiger partial charge is 0.216 e. The van der Waals surface area contributed by atoms with E-state index in [1.54, 1.807) is 35.4 Å². The minimum Gasteiger partial charge on any atom is -0.201 e. The molecule has 0 radical (unpaired) electrons. The minimum atomic E-state index is -2.13. The molecule has 5 aromatic heterocycles. The molecule has 107 heavy (non-hydrogen) atoms. The van der Waals surface area contributed by atoms with Crippen molar-refractivity contribution in [3.63, 3.8) is 0 Å². The van der Waals surface area contributed by atoms with Gasteiger partial charge in [-0.05, 0) is 288 Å². The summed E-state index contributed by atoms with van der Waals surface area (Å²) in [7, 11) is 10.5. The van der Waals surface area contributed by atoms with Crippen LogP contribution in [-0.4, -0.2) is 0 Å². The number of aryl methyl sites for hydroxylation is 14. The zero-order chi connectivity index (χ0) is 85.2. The molecule has 0 spiro atoms. The number of benzene rings is 5. The van der Waals surface area contributed by atoms with E-state index in [0.717, 1.165) is 74.2 Å². The second-order valence-electron chi connectivity index (χ2n) is 36.7. The Morgan fingerprint density at radius 1 is 0.336 bits per heavy atom. The zero-order valence-corrected chi connectivity index (χ0v) is 68.9. The Morgan fingerprint density at radius 3 is 1.23 bits per heavy atom. The van der Waals surface area contributed by atoms with Crippen molar-refractivity contribution < 1.29 is 36.5 Å². The van der Waals surface area contributed by atoms with Gasteiger partial charge in [-0.2, -0.15) is 0 Å². The lowest BCUT2D eigenvalue weighted by molar-refractivity contribution is -0.661. The number of hydrogen-bond donors (Lipinski definition) is 0. The lowest BCUT2D eigenvalue weighted by atomic mass is 9.63. The van der Waals surface area contributed by atoms with Gasteiger partial charge in [0.05, 0.1) is 0 Å². The predicted octanol–water partition coefficient (Wildman–Crippen LogP) is 23.1. The third-order valence-electron chi connectivity index (χ3n) is 26.9. The van der Waals surface area contributed by atoms with Crippen LogP contribution in [0.4, 0.5) is 0 Å². The molecule has 3 saturated carbocycles. The number of nitrogens with zero attached hydrogens (tertiary/aromatic N) is 5. The summed E-state index contributed by atoms with van der Waals surface area (Å²) in [5.41, 5.74) is 35.0. The molecular formula is C102H128N5+5. The molecule has 0 N–H and O–H groups in total. The second-order valence-corrected chi connectivity index (χ2v) is 36.7. The molecule has 8 aliphatic rings. The van der Waals surface area contributed by atoms with E-state index in [-0.39, 0.29) is 21.7 Å². The molecule has 0 aliphatic heterocycles. The van der Waals surface area contributed by atoms with E-state index in [1.165, 1.54) is 129 Å². The van der Waals surface area contributed by atoms with Crippen LogP contribution in [0, 0.1) is 67.6 Å². The third-order valence-corrected chi connectivity index (χ3v) is 26.9. The van der Waals surface area contributed by atoms with Gasteiger partial charge in [-0.1, -0.05) is 158 Å². The fraction of sp³-hybridized carbons (Fsp3) is 0.461. The Bertz CT molecular complexity index is 5640. The summed E-state index contributed by atoms with van der Waals surface area (Å²) >= 11 is 0. The van der Waals surface area contributed by atoms with E-state index in [0.29, 0.717) is 36.8 Å². The average molecular weight is 1430 g/mol. The molecule has 18 rings (SSSR count). The van der Waals surface area contributed by atoms with Gasteiger partial charge in [0.1, 0.15) is 35.2 Å². The summed E-state index contributed by atoms with van der Waals surface area (Å²) in [6.07, 6.45) is 23.6. The van der Waals surface area contributed by atoms with E-state index in [1.807, 2.05) is 87.6 Å². The van der Waals surface area contributed by atoms with E-state index in [9.17, 15) is 2.74 Å². The van der Waals surface area contributed by atoms with Crippen molar-refractivity contribution in [2.24, 2.45) is 40.7 Å². The third kappa shape index (κ3) is 13.8. The minimum absolute atomic E-state index is 0.256.